The number of benzene rings is 1. The Bertz CT molecular complexity index is 348. The number of hydrogen-bond donors (Lipinski definition) is 2. The Morgan fingerprint density at radius 2 is 2.07 bits per heavy atom. The lowest BCUT2D eigenvalue weighted by Gasteiger charge is -2.28. The van der Waals surface area contributed by atoms with Crippen molar-refractivity contribution in [2.45, 2.75) is 6.61 Å². The highest BCUT2D eigenvalue weighted by Gasteiger charge is 2.15. The van der Waals surface area contributed by atoms with Crippen LogP contribution in [0.25, 0.3) is 0 Å². The Hall–Kier alpha value is -1.55. The van der Waals surface area contributed by atoms with E-state index in [0.717, 1.165) is 17.8 Å². The molecule has 1 fully saturated rings. The molecule has 80 valence electrons. The summed E-state index contributed by atoms with van der Waals surface area (Å²) in [6.45, 7) is 2.00. The number of anilines is 1. The van der Waals surface area contributed by atoms with E-state index in [1.54, 1.807) is 0 Å². The van der Waals surface area contributed by atoms with Crippen LogP contribution in [0.5, 0.6) is 0 Å². The molecule has 2 N–H and O–H groups in total. The van der Waals surface area contributed by atoms with Gasteiger partial charge in [-0.1, -0.05) is 12.1 Å². The van der Waals surface area contributed by atoms with E-state index in [0.29, 0.717) is 13.1 Å². The van der Waals surface area contributed by atoms with Crippen LogP contribution in [0.2, 0.25) is 0 Å². The van der Waals surface area contributed by atoms with Gasteiger partial charge < -0.3 is 15.3 Å². The van der Waals surface area contributed by atoms with Crippen LogP contribution < -0.4 is 10.2 Å². The van der Waals surface area contributed by atoms with Crippen LogP contribution in [-0.2, 0) is 11.4 Å². The Balaban J connectivity index is 2.11. The minimum Gasteiger partial charge on any atom is -0.392 e. The number of rotatable bonds is 2. The molecule has 0 atom stereocenters. The molecule has 0 aromatic heterocycles. The molecule has 0 bridgehead atoms. The second kappa shape index (κ2) is 4.31. The number of nitrogens with one attached hydrogen (secondary N) is 1. The standard InChI is InChI=1S/C11H14N2O2/c14-8-9-1-3-10(4-2-9)13-6-5-12-11(15)7-13/h1-4,14H,5-8H2,(H,12,15). The van der Waals surface area contributed by atoms with Crippen LogP contribution >= 0.6 is 0 Å². The quantitative estimate of drug-likeness (QED) is 0.722. The maximum Gasteiger partial charge on any atom is 0.239 e. The average Bonchev–Trinajstić information content (AvgIpc) is 2.29. The fourth-order valence-corrected chi connectivity index (χ4v) is 1.67. The van der Waals surface area contributed by atoms with Gasteiger partial charge in [-0.3, -0.25) is 4.79 Å². The van der Waals surface area contributed by atoms with Gasteiger partial charge in [-0.25, -0.2) is 0 Å². The van der Waals surface area contributed by atoms with Crippen molar-refractivity contribution in [1.82, 2.24) is 5.32 Å². The lowest BCUT2D eigenvalue weighted by molar-refractivity contribution is -0.120. The number of carbonyl (C=O) groups excluding carboxylic acids is 1. The number of aliphatic hydroxyl groups is 1. The fourth-order valence-electron chi connectivity index (χ4n) is 1.67. The smallest absolute Gasteiger partial charge is 0.239 e. The lowest BCUT2D eigenvalue weighted by Crippen LogP contribution is -2.47. The Morgan fingerprint density at radius 3 is 2.67 bits per heavy atom. The zero-order valence-corrected chi connectivity index (χ0v) is 8.44. The highest BCUT2D eigenvalue weighted by molar-refractivity contribution is 5.82. The van der Waals surface area contributed by atoms with Gasteiger partial charge in [0.2, 0.25) is 5.91 Å². The monoisotopic (exact) mass is 206 g/mol. The van der Waals surface area contributed by atoms with E-state index in [-0.39, 0.29) is 12.5 Å². The first-order valence-corrected chi connectivity index (χ1v) is 5.01. The molecule has 4 nitrogen and oxygen atoms in total. The summed E-state index contributed by atoms with van der Waals surface area (Å²) < 4.78 is 0. The van der Waals surface area contributed by atoms with Crippen LogP contribution in [-0.4, -0.2) is 30.6 Å². The molecule has 0 saturated carbocycles. The van der Waals surface area contributed by atoms with Gasteiger partial charge in [-0.2, -0.15) is 0 Å². The summed E-state index contributed by atoms with van der Waals surface area (Å²) in [5.41, 5.74) is 1.92. The summed E-state index contributed by atoms with van der Waals surface area (Å²) in [6, 6.07) is 7.62. The van der Waals surface area contributed by atoms with E-state index >= 15 is 0 Å². The lowest BCUT2D eigenvalue weighted by atomic mass is 10.2. The van der Waals surface area contributed by atoms with Crippen molar-refractivity contribution in [3.63, 3.8) is 0 Å². The average molecular weight is 206 g/mol. The SMILES string of the molecule is O=C1CN(c2ccc(CO)cc2)CCN1. The van der Waals surface area contributed by atoms with Crippen molar-refractivity contribution < 1.29 is 9.90 Å². The maximum absolute atomic E-state index is 11.2. The summed E-state index contributed by atoms with van der Waals surface area (Å²) in [5.74, 6) is 0.0625. The Morgan fingerprint density at radius 1 is 1.33 bits per heavy atom. The minimum absolute atomic E-state index is 0.0563. The molecular formula is C11H14N2O2. The van der Waals surface area contributed by atoms with E-state index in [1.165, 1.54) is 0 Å². The van der Waals surface area contributed by atoms with E-state index in [2.05, 4.69) is 5.32 Å². The molecule has 0 radical (unpaired) electrons. The second-order valence-corrected chi connectivity index (χ2v) is 3.60. The topological polar surface area (TPSA) is 52.6 Å². The summed E-state index contributed by atoms with van der Waals surface area (Å²) in [7, 11) is 0. The van der Waals surface area contributed by atoms with Crippen molar-refractivity contribution in [3.8, 4) is 0 Å². The molecule has 0 aliphatic carbocycles. The largest absolute Gasteiger partial charge is 0.392 e. The van der Waals surface area contributed by atoms with Crippen molar-refractivity contribution in [1.29, 1.82) is 0 Å². The van der Waals surface area contributed by atoms with Gasteiger partial charge in [0.1, 0.15) is 0 Å². The van der Waals surface area contributed by atoms with Gasteiger partial charge in [0, 0.05) is 18.8 Å². The van der Waals surface area contributed by atoms with Gasteiger partial charge in [0.25, 0.3) is 0 Å². The van der Waals surface area contributed by atoms with Crippen molar-refractivity contribution in [2.24, 2.45) is 0 Å². The highest BCUT2D eigenvalue weighted by Crippen LogP contribution is 2.15. The van der Waals surface area contributed by atoms with Crippen LogP contribution in [0, 0.1) is 0 Å². The first kappa shape index (κ1) is 9.98. The molecule has 2 rings (SSSR count). The third-order valence-corrected chi connectivity index (χ3v) is 2.52. The summed E-state index contributed by atoms with van der Waals surface area (Å²) in [4.78, 5) is 13.2. The third-order valence-electron chi connectivity index (χ3n) is 2.52. The summed E-state index contributed by atoms with van der Waals surface area (Å²) >= 11 is 0. The summed E-state index contributed by atoms with van der Waals surface area (Å²) in [6.07, 6.45) is 0. The second-order valence-electron chi connectivity index (χ2n) is 3.60. The number of hydrogen-bond acceptors (Lipinski definition) is 3. The first-order chi connectivity index (χ1) is 7.29. The third kappa shape index (κ3) is 2.27. The van der Waals surface area contributed by atoms with Gasteiger partial charge in [0.05, 0.1) is 13.2 Å². The molecule has 0 spiro atoms. The fraction of sp³-hybridized carbons (Fsp3) is 0.364. The van der Waals surface area contributed by atoms with E-state index in [9.17, 15) is 4.79 Å². The summed E-state index contributed by atoms with van der Waals surface area (Å²) in [5, 5.41) is 11.7. The number of piperazine rings is 1. The minimum atomic E-state index is 0.0563. The van der Waals surface area contributed by atoms with Crippen LogP contribution in [0.15, 0.2) is 24.3 Å². The van der Waals surface area contributed by atoms with Crippen LogP contribution in [0.4, 0.5) is 5.69 Å². The van der Waals surface area contributed by atoms with Crippen molar-refractivity contribution in [2.75, 3.05) is 24.5 Å². The van der Waals surface area contributed by atoms with Crippen LogP contribution in [0.3, 0.4) is 0 Å². The zero-order valence-electron chi connectivity index (χ0n) is 8.44. The molecule has 15 heavy (non-hydrogen) atoms. The molecular weight excluding hydrogens is 192 g/mol. The molecule has 1 aromatic carbocycles. The molecule has 1 aliphatic heterocycles. The molecule has 1 aromatic rings. The number of aliphatic hydroxyl groups excluding tert-OH is 1. The number of carbonyl (C=O) groups is 1. The normalized spacial score (nSPS) is 16.3. The van der Waals surface area contributed by atoms with Gasteiger partial charge in [-0.05, 0) is 17.7 Å². The highest BCUT2D eigenvalue weighted by atomic mass is 16.3. The molecule has 1 saturated heterocycles. The van der Waals surface area contributed by atoms with Gasteiger partial charge in [-0.15, -0.1) is 0 Å². The number of amides is 1. The van der Waals surface area contributed by atoms with Crippen LogP contribution in [0.1, 0.15) is 5.56 Å². The van der Waals surface area contributed by atoms with Crippen molar-refractivity contribution >= 4 is 11.6 Å². The first-order valence-electron chi connectivity index (χ1n) is 5.01. The van der Waals surface area contributed by atoms with Crippen molar-refractivity contribution in [3.05, 3.63) is 29.8 Å². The number of nitrogens with zero attached hydrogens (tertiary/aromatic N) is 1. The van der Waals surface area contributed by atoms with Gasteiger partial charge in [0.15, 0.2) is 0 Å². The molecule has 4 heteroatoms. The molecule has 1 heterocycles. The molecule has 1 aliphatic rings. The molecule has 0 unspecified atom stereocenters. The van der Waals surface area contributed by atoms with E-state index in [4.69, 9.17) is 5.11 Å². The maximum atomic E-state index is 11.2. The Labute approximate surface area is 88.5 Å². The predicted molar refractivity (Wildman–Crippen MR) is 57.6 cm³/mol. The zero-order chi connectivity index (χ0) is 10.7. The molecule has 1 amide bonds. The van der Waals surface area contributed by atoms with Gasteiger partial charge >= 0.3 is 0 Å². The van der Waals surface area contributed by atoms with E-state index in [1.807, 2.05) is 29.2 Å². The van der Waals surface area contributed by atoms with E-state index < -0.39 is 0 Å². The predicted octanol–water partition coefficient (Wildman–Crippen LogP) is 0.115. The Kier molecular flexibility index (Phi) is 2.87.